The van der Waals surface area contributed by atoms with Gasteiger partial charge in [-0.1, -0.05) is 18.2 Å². The number of fused-ring (bicyclic) bond motifs is 3. The summed E-state index contributed by atoms with van der Waals surface area (Å²) >= 11 is 0. The topological polar surface area (TPSA) is 83.1 Å². The van der Waals surface area contributed by atoms with Gasteiger partial charge in [0, 0.05) is 41.0 Å². The normalized spacial score (nSPS) is 18.9. The second-order valence-electron chi connectivity index (χ2n) is 7.13. The molecule has 1 saturated heterocycles. The van der Waals surface area contributed by atoms with Gasteiger partial charge in [0.1, 0.15) is 0 Å². The van der Waals surface area contributed by atoms with Crippen molar-refractivity contribution in [3.8, 4) is 0 Å². The molecule has 1 aliphatic rings. The number of pyridine rings is 1. The van der Waals surface area contributed by atoms with Crippen molar-refractivity contribution in [1.82, 2.24) is 14.9 Å². The summed E-state index contributed by atoms with van der Waals surface area (Å²) in [5.74, 6) is 0.271. The number of hydrogen-bond acceptors (Lipinski definition) is 4. The summed E-state index contributed by atoms with van der Waals surface area (Å²) in [5.41, 5.74) is 2.93. The fourth-order valence-corrected chi connectivity index (χ4v) is 5.70. The Balaban J connectivity index is 1.49. The van der Waals surface area contributed by atoms with Crippen LogP contribution in [-0.2, 0) is 21.1 Å². The van der Waals surface area contributed by atoms with Gasteiger partial charge >= 0.3 is 0 Å². The summed E-state index contributed by atoms with van der Waals surface area (Å²) in [6.45, 7) is 2.44. The molecule has 4 rings (SSSR count). The minimum Gasteiger partial charge on any atom is -0.353 e. The van der Waals surface area contributed by atoms with E-state index in [-0.39, 0.29) is 23.5 Å². The number of hydrogen-bond donors (Lipinski definition) is 1. The molecule has 1 aromatic carbocycles. The van der Waals surface area contributed by atoms with Crippen molar-refractivity contribution in [2.24, 2.45) is 0 Å². The first-order chi connectivity index (χ1) is 13.0. The second-order valence-corrected chi connectivity index (χ2v) is 9.36. The molecule has 0 saturated carbocycles. The molecule has 0 radical (unpaired) electrons. The van der Waals surface area contributed by atoms with Gasteiger partial charge in [0.2, 0.25) is 5.91 Å². The number of H-pyrrole nitrogens is 1. The number of carbonyl (C=O) groups is 1. The van der Waals surface area contributed by atoms with Crippen molar-refractivity contribution >= 4 is 37.6 Å². The molecule has 1 N–H and O–H groups in total. The number of nitrogens with one attached hydrogen (secondary N) is 1. The van der Waals surface area contributed by atoms with Crippen LogP contribution in [0.25, 0.3) is 21.8 Å². The van der Waals surface area contributed by atoms with Crippen LogP contribution in [0.5, 0.6) is 0 Å². The molecular formula is C20H23N3O3S. The van der Waals surface area contributed by atoms with Crippen LogP contribution in [0.3, 0.4) is 0 Å². The molecule has 0 spiro atoms. The molecule has 1 unspecified atom stereocenters. The van der Waals surface area contributed by atoms with E-state index in [0.717, 1.165) is 27.5 Å². The Labute approximate surface area is 158 Å². The first kappa shape index (κ1) is 18.0. The fraction of sp³-hybridized carbons (Fsp3) is 0.400. The van der Waals surface area contributed by atoms with Gasteiger partial charge in [-0.15, -0.1) is 0 Å². The molecule has 3 heterocycles. The number of rotatable bonds is 5. The number of carbonyl (C=O) groups excluding carboxylic acids is 1. The molecule has 142 valence electrons. The van der Waals surface area contributed by atoms with Gasteiger partial charge in [0.15, 0.2) is 9.84 Å². The smallest absolute Gasteiger partial charge is 0.223 e. The molecule has 7 heteroatoms. The van der Waals surface area contributed by atoms with E-state index < -0.39 is 9.84 Å². The van der Waals surface area contributed by atoms with E-state index >= 15 is 0 Å². The highest BCUT2D eigenvalue weighted by atomic mass is 32.2. The van der Waals surface area contributed by atoms with Crippen LogP contribution in [0, 0.1) is 0 Å². The molecule has 0 aliphatic carbocycles. The zero-order valence-corrected chi connectivity index (χ0v) is 16.1. The quantitative estimate of drug-likeness (QED) is 0.732. The first-order valence-corrected chi connectivity index (χ1v) is 11.1. The molecule has 1 atom stereocenters. The molecule has 0 bridgehead atoms. The highest BCUT2D eigenvalue weighted by Gasteiger charge is 2.33. The molecule has 6 nitrogen and oxygen atoms in total. The van der Waals surface area contributed by atoms with E-state index in [4.69, 9.17) is 0 Å². The van der Waals surface area contributed by atoms with Gasteiger partial charge in [-0.3, -0.25) is 9.78 Å². The van der Waals surface area contributed by atoms with E-state index in [1.807, 2.05) is 37.4 Å². The van der Waals surface area contributed by atoms with Crippen LogP contribution in [0.1, 0.15) is 25.5 Å². The third-order valence-corrected chi connectivity index (χ3v) is 7.10. The van der Waals surface area contributed by atoms with E-state index in [0.29, 0.717) is 25.8 Å². The van der Waals surface area contributed by atoms with Crippen LogP contribution >= 0.6 is 0 Å². The van der Waals surface area contributed by atoms with E-state index in [1.165, 1.54) is 0 Å². The number of amides is 1. The van der Waals surface area contributed by atoms with Gasteiger partial charge in [0.25, 0.3) is 0 Å². The van der Waals surface area contributed by atoms with Gasteiger partial charge < -0.3 is 9.88 Å². The van der Waals surface area contributed by atoms with E-state index in [2.05, 4.69) is 16.0 Å². The zero-order chi connectivity index (χ0) is 19.0. The minimum atomic E-state index is -3.00. The summed E-state index contributed by atoms with van der Waals surface area (Å²) in [7, 11) is -3.00. The summed E-state index contributed by atoms with van der Waals surface area (Å²) in [6, 6.07) is 9.96. The Bertz CT molecular complexity index is 1100. The number of para-hydroxylation sites is 1. The maximum absolute atomic E-state index is 12.7. The second kappa shape index (κ2) is 6.96. The van der Waals surface area contributed by atoms with E-state index in [9.17, 15) is 13.2 Å². The summed E-state index contributed by atoms with van der Waals surface area (Å²) in [5, 5.41) is 2.26. The number of aromatic nitrogens is 2. The van der Waals surface area contributed by atoms with Crippen LogP contribution in [0.4, 0.5) is 0 Å². The Morgan fingerprint density at radius 3 is 2.81 bits per heavy atom. The maximum Gasteiger partial charge on any atom is 0.223 e. The van der Waals surface area contributed by atoms with Gasteiger partial charge in [-0.25, -0.2) is 8.42 Å². The Kier molecular flexibility index (Phi) is 4.63. The van der Waals surface area contributed by atoms with Crippen LogP contribution < -0.4 is 0 Å². The van der Waals surface area contributed by atoms with Crippen LogP contribution in [0.15, 0.2) is 36.5 Å². The fourth-order valence-electron chi connectivity index (χ4n) is 3.97. The van der Waals surface area contributed by atoms with E-state index in [1.54, 1.807) is 4.90 Å². The summed E-state index contributed by atoms with van der Waals surface area (Å²) in [6.07, 6.45) is 3.24. The lowest BCUT2D eigenvalue weighted by molar-refractivity contribution is -0.132. The molecule has 1 amide bonds. The van der Waals surface area contributed by atoms with Crippen molar-refractivity contribution in [2.75, 3.05) is 18.1 Å². The predicted octanol–water partition coefficient (Wildman–Crippen LogP) is 2.68. The average molecular weight is 385 g/mol. The SMILES string of the molecule is CCN(C(=O)CCc1cc2c(cn1)[nH]c1ccccc12)C1CCS(=O)(=O)C1. The lowest BCUT2D eigenvalue weighted by Crippen LogP contribution is -2.41. The standard InChI is InChI=1S/C20H23N3O3S/c1-2-23(15-9-10-27(25,26)13-15)20(24)8-7-14-11-17-16-5-3-4-6-18(16)22-19(17)12-21-14/h3-6,11-12,15,22H,2,7-10,13H2,1H3. The molecular weight excluding hydrogens is 362 g/mol. The highest BCUT2D eigenvalue weighted by molar-refractivity contribution is 7.91. The molecule has 3 aromatic rings. The van der Waals surface area contributed by atoms with Crippen molar-refractivity contribution in [3.05, 3.63) is 42.2 Å². The number of nitrogens with zero attached hydrogens (tertiary/aromatic N) is 2. The van der Waals surface area contributed by atoms with Crippen molar-refractivity contribution in [3.63, 3.8) is 0 Å². The third-order valence-electron chi connectivity index (χ3n) is 5.35. The average Bonchev–Trinajstić information content (AvgIpc) is 3.20. The highest BCUT2D eigenvalue weighted by Crippen LogP contribution is 2.25. The first-order valence-electron chi connectivity index (χ1n) is 9.32. The largest absolute Gasteiger partial charge is 0.353 e. The maximum atomic E-state index is 12.7. The van der Waals surface area contributed by atoms with Crippen molar-refractivity contribution in [1.29, 1.82) is 0 Å². The lowest BCUT2D eigenvalue weighted by atomic mass is 10.1. The molecule has 1 fully saturated rings. The Hall–Kier alpha value is -2.41. The van der Waals surface area contributed by atoms with Gasteiger partial charge in [0.05, 0.1) is 23.2 Å². The van der Waals surface area contributed by atoms with Crippen LogP contribution in [0.2, 0.25) is 0 Å². The predicted molar refractivity (Wildman–Crippen MR) is 106 cm³/mol. The lowest BCUT2D eigenvalue weighted by Gasteiger charge is -2.26. The molecule has 27 heavy (non-hydrogen) atoms. The van der Waals surface area contributed by atoms with Crippen LogP contribution in [-0.4, -0.2) is 53.3 Å². The Morgan fingerprint density at radius 1 is 1.26 bits per heavy atom. The molecule has 2 aromatic heterocycles. The summed E-state index contributed by atoms with van der Waals surface area (Å²) in [4.78, 5) is 22.2. The van der Waals surface area contributed by atoms with Gasteiger partial charge in [-0.2, -0.15) is 0 Å². The van der Waals surface area contributed by atoms with Crippen molar-refractivity contribution < 1.29 is 13.2 Å². The minimum absolute atomic E-state index is 0.000392. The molecule has 1 aliphatic heterocycles. The van der Waals surface area contributed by atoms with Gasteiger partial charge in [-0.05, 0) is 31.9 Å². The number of aromatic amines is 1. The summed E-state index contributed by atoms with van der Waals surface area (Å²) < 4.78 is 23.4. The number of sulfone groups is 1. The zero-order valence-electron chi connectivity index (χ0n) is 15.3. The third kappa shape index (κ3) is 3.56. The Morgan fingerprint density at radius 2 is 2.07 bits per heavy atom. The monoisotopic (exact) mass is 385 g/mol. The number of benzene rings is 1. The number of aryl methyl sites for hydroxylation is 1. The van der Waals surface area contributed by atoms with Crippen molar-refractivity contribution in [2.45, 2.75) is 32.2 Å².